The normalized spacial score (nSPS) is 13.4. The lowest BCUT2D eigenvalue weighted by atomic mass is 9.97. The Morgan fingerprint density at radius 3 is 2.09 bits per heavy atom. The Balaban J connectivity index is 1.79. The van der Waals surface area contributed by atoms with Gasteiger partial charge in [0, 0.05) is 0 Å². The molecule has 0 bridgehead atoms. The minimum atomic E-state index is -5.12. The molecule has 10 heteroatoms. The SMILES string of the molecule is CCOc1c(F)cc([C@](Cl)(COCc2ccc(F)c(Oc3ccccc3)c2)C(F)(F)F)cc1F. The number of hydrogen-bond donors (Lipinski definition) is 0. The second-order valence-corrected chi connectivity index (χ2v) is 7.82. The number of halogens is 7. The van der Waals surface area contributed by atoms with Crippen molar-refractivity contribution < 1.29 is 40.6 Å². The van der Waals surface area contributed by atoms with Gasteiger partial charge in [0.2, 0.25) is 0 Å². The van der Waals surface area contributed by atoms with Crippen molar-refractivity contribution in [3.05, 3.63) is 89.2 Å². The zero-order valence-corrected chi connectivity index (χ0v) is 18.5. The topological polar surface area (TPSA) is 27.7 Å². The molecule has 0 aliphatic rings. The molecule has 3 nitrogen and oxygen atoms in total. The van der Waals surface area contributed by atoms with Crippen molar-refractivity contribution in [2.75, 3.05) is 13.2 Å². The first-order valence-corrected chi connectivity index (χ1v) is 10.4. The minimum Gasteiger partial charge on any atom is -0.488 e. The van der Waals surface area contributed by atoms with Crippen LogP contribution in [0.3, 0.4) is 0 Å². The Bertz CT molecular complexity index is 1100. The summed E-state index contributed by atoms with van der Waals surface area (Å²) < 4.78 is 99.3. The van der Waals surface area contributed by atoms with E-state index in [4.69, 9.17) is 25.8 Å². The lowest BCUT2D eigenvalue weighted by molar-refractivity contribution is -0.179. The predicted octanol–water partition coefficient (Wildman–Crippen LogP) is 7.51. The summed E-state index contributed by atoms with van der Waals surface area (Å²) in [5.41, 5.74) is -0.593. The van der Waals surface area contributed by atoms with E-state index in [1.165, 1.54) is 19.1 Å². The standard InChI is InChI=1S/C24H19ClF6O3/c1-2-33-22-19(27)11-16(12-20(22)28)23(25,24(29,30)31)14-32-13-15-8-9-18(26)21(10-15)34-17-6-4-3-5-7-17/h3-12H,2,13-14H2,1H3/t23-/m1/s1. The average Bonchev–Trinajstić information content (AvgIpc) is 2.78. The summed E-state index contributed by atoms with van der Waals surface area (Å²) in [6.07, 6.45) is -5.12. The fraction of sp³-hybridized carbons (Fsp3) is 0.250. The molecule has 34 heavy (non-hydrogen) atoms. The molecule has 182 valence electrons. The number of ether oxygens (including phenoxy) is 3. The van der Waals surface area contributed by atoms with Crippen molar-refractivity contribution in [2.45, 2.75) is 24.6 Å². The van der Waals surface area contributed by atoms with Gasteiger partial charge in [-0.05, 0) is 54.4 Å². The highest BCUT2D eigenvalue weighted by molar-refractivity contribution is 6.24. The van der Waals surface area contributed by atoms with Crippen LogP contribution in [0.5, 0.6) is 17.2 Å². The molecule has 3 aromatic rings. The maximum atomic E-state index is 14.2. The van der Waals surface area contributed by atoms with Crippen LogP contribution < -0.4 is 9.47 Å². The van der Waals surface area contributed by atoms with Gasteiger partial charge in [0.1, 0.15) is 5.75 Å². The highest BCUT2D eigenvalue weighted by Crippen LogP contribution is 2.46. The molecule has 0 saturated heterocycles. The number of para-hydroxylation sites is 1. The second kappa shape index (κ2) is 10.6. The summed E-state index contributed by atoms with van der Waals surface area (Å²) >= 11 is 5.84. The molecule has 3 rings (SSSR count). The van der Waals surface area contributed by atoms with E-state index < -0.39 is 53.0 Å². The van der Waals surface area contributed by atoms with E-state index in [0.29, 0.717) is 17.9 Å². The van der Waals surface area contributed by atoms with Crippen LogP contribution in [0.2, 0.25) is 0 Å². The summed E-state index contributed by atoms with van der Waals surface area (Å²) in [5, 5.41) is 0. The van der Waals surface area contributed by atoms with Crippen molar-refractivity contribution in [3.63, 3.8) is 0 Å². The quantitative estimate of drug-likeness (QED) is 0.223. The van der Waals surface area contributed by atoms with Crippen LogP contribution in [0.15, 0.2) is 60.7 Å². The van der Waals surface area contributed by atoms with Gasteiger partial charge in [-0.15, -0.1) is 11.6 Å². The zero-order valence-electron chi connectivity index (χ0n) is 17.8. The van der Waals surface area contributed by atoms with E-state index in [0.717, 1.165) is 6.07 Å². The van der Waals surface area contributed by atoms with Crippen LogP contribution in [0.25, 0.3) is 0 Å². The Labute approximate surface area is 196 Å². The number of hydrogen-bond acceptors (Lipinski definition) is 3. The Kier molecular flexibility index (Phi) is 7.99. The van der Waals surface area contributed by atoms with Gasteiger partial charge in [0.15, 0.2) is 33.8 Å². The fourth-order valence-electron chi connectivity index (χ4n) is 3.04. The molecule has 0 heterocycles. The van der Waals surface area contributed by atoms with E-state index in [2.05, 4.69) is 0 Å². The van der Waals surface area contributed by atoms with E-state index in [1.807, 2.05) is 0 Å². The lowest BCUT2D eigenvalue weighted by Crippen LogP contribution is -2.41. The highest BCUT2D eigenvalue weighted by atomic mass is 35.5. The van der Waals surface area contributed by atoms with E-state index >= 15 is 0 Å². The monoisotopic (exact) mass is 504 g/mol. The zero-order chi connectivity index (χ0) is 24.9. The number of rotatable bonds is 9. The molecule has 0 amide bonds. The Morgan fingerprint density at radius 1 is 0.853 bits per heavy atom. The van der Waals surface area contributed by atoms with Gasteiger partial charge in [-0.25, -0.2) is 13.2 Å². The predicted molar refractivity (Wildman–Crippen MR) is 114 cm³/mol. The highest BCUT2D eigenvalue weighted by Gasteiger charge is 2.55. The van der Waals surface area contributed by atoms with Crippen molar-refractivity contribution in [1.82, 2.24) is 0 Å². The molecule has 0 aliphatic carbocycles. The first kappa shape index (κ1) is 25.7. The minimum absolute atomic E-state index is 0.0881. The van der Waals surface area contributed by atoms with E-state index in [9.17, 15) is 26.3 Å². The molecule has 0 aromatic heterocycles. The molecular weight excluding hydrogens is 486 g/mol. The van der Waals surface area contributed by atoms with Gasteiger partial charge in [0.25, 0.3) is 0 Å². The summed E-state index contributed by atoms with van der Waals surface area (Å²) in [5.74, 6) is -3.94. The van der Waals surface area contributed by atoms with Crippen LogP contribution in [0, 0.1) is 17.5 Å². The first-order valence-electron chi connectivity index (χ1n) is 10.0. The van der Waals surface area contributed by atoms with Gasteiger partial charge in [-0.1, -0.05) is 24.3 Å². The van der Waals surface area contributed by atoms with Gasteiger partial charge in [-0.2, -0.15) is 13.2 Å². The van der Waals surface area contributed by atoms with Gasteiger partial charge < -0.3 is 14.2 Å². The summed E-state index contributed by atoms with van der Waals surface area (Å²) in [6, 6.07) is 12.9. The first-order chi connectivity index (χ1) is 16.0. The van der Waals surface area contributed by atoms with Gasteiger partial charge in [0.05, 0.1) is 19.8 Å². The van der Waals surface area contributed by atoms with Crippen LogP contribution in [0.1, 0.15) is 18.1 Å². The number of benzene rings is 3. The molecule has 1 atom stereocenters. The molecule has 0 spiro atoms. The Morgan fingerprint density at radius 2 is 1.50 bits per heavy atom. The van der Waals surface area contributed by atoms with Crippen LogP contribution in [-0.2, 0) is 16.2 Å². The summed E-state index contributed by atoms with van der Waals surface area (Å²) in [4.78, 5) is -3.25. The van der Waals surface area contributed by atoms with Gasteiger partial charge in [-0.3, -0.25) is 0 Å². The van der Waals surface area contributed by atoms with Crippen molar-refractivity contribution in [3.8, 4) is 17.2 Å². The largest absolute Gasteiger partial charge is 0.488 e. The molecular formula is C24H19ClF6O3. The van der Waals surface area contributed by atoms with Crippen molar-refractivity contribution in [1.29, 1.82) is 0 Å². The van der Waals surface area contributed by atoms with Crippen LogP contribution in [-0.4, -0.2) is 19.4 Å². The van der Waals surface area contributed by atoms with Crippen LogP contribution >= 0.6 is 11.6 Å². The lowest BCUT2D eigenvalue weighted by Gasteiger charge is -2.30. The molecule has 0 radical (unpaired) electrons. The summed E-state index contributed by atoms with van der Waals surface area (Å²) in [7, 11) is 0. The van der Waals surface area contributed by atoms with Crippen molar-refractivity contribution in [2.24, 2.45) is 0 Å². The molecule has 0 fully saturated rings. The van der Waals surface area contributed by atoms with Crippen LogP contribution in [0.4, 0.5) is 26.3 Å². The third-order valence-electron chi connectivity index (χ3n) is 4.73. The van der Waals surface area contributed by atoms with E-state index in [-0.39, 0.29) is 17.9 Å². The Hall–Kier alpha value is -2.91. The molecule has 0 saturated carbocycles. The summed E-state index contributed by atoms with van der Waals surface area (Å²) in [6.45, 7) is -0.196. The number of alkyl halides is 4. The van der Waals surface area contributed by atoms with E-state index in [1.54, 1.807) is 30.3 Å². The third-order valence-corrected chi connectivity index (χ3v) is 5.27. The molecule has 0 N–H and O–H groups in total. The molecule has 0 aliphatic heterocycles. The second-order valence-electron chi connectivity index (χ2n) is 7.17. The average molecular weight is 505 g/mol. The van der Waals surface area contributed by atoms with Crippen molar-refractivity contribution >= 4 is 11.6 Å². The molecule has 3 aromatic carbocycles. The fourth-order valence-corrected chi connectivity index (χ4v) is 3.23. The third kappa shape index (κ3) is 5.77. The van der Waals surface area contributed by atoms with Gasteiger partial charge >= 0.3 is 6.18 Å². The molecule has 0 unspecified atom stereocenters. The smallest absolute Gasteiger partial charge is 0.413 e. The maximum absolute atomic E-state index is 14.2. The maximum Gasteiger partial charge on any atom is 0.413 e.